The molecule has 0 unspecified atom stereocenters. The third-order valence-corrected chi connectivity index (χ3v) is 2.41. The summed E-state index contributed by atoms with van der Waals surface area (Å²) in [5, 5.41) is 11.3. The van der Waals surface area contributed by atoms with Crippen LogP contribution in [0.1, 0.15) is 10.4 Å². The Morgan fingerprint density at radius 1 is 1.28 bits per heavy atom. The van der Waals surface area contributed by atoms with Crippen molar-refractivity contribution in [1.82, 2.24) is 5.32 Å². The second-order valence-corrected chi connectivity index (χ2v) is 4.03. The summed E-state index contributed by atoms with van der Waals surface area (Å²) in [4.78, 5) is 13.7. The molecule has 0 spiro atoms. The molecule has 1 amide bonds. The van der Waals surface area contributed by atoms with Gasteiger partial charge in [0.05, 0.1) is 19.8 Å². The Labute approximate surface area is 107 Å². The van der Waals surface area contributed by atoms with Crippen molar-refractivity contribution in [2.45, 2.75) is 0 Å². The molecule has 100 valence electrons. The highest BCUT2D eigenvalue weighted by atomic mass is 16.5. The van der Waals surface area contributed by atoms with Gasteiger partial charge in [0.1, 0.15) is 0 Å². The van der Waals surface area contributed by atoms with Crippen LogP contribution in [0.25, 0.3) is 0 Å². The van der Waals surface area contributed by atoms with Gasteiger partial charge >= 0.3 is 0 Å². The molecular weight excluding hydrogens is 232 g/mol. The van der Waals surface area contributed by atoms with Crippen molar-refractivity contribution in [3.63, 3.8) is 0 Å². The normalized spacial score (nSPS) is 10.2. The lowest BCUT2D eigenvalue weighted by Crippen LogP contribution is -2.27. The first-order chi connectivity index (χ1) is 8.65. The summed E-state index contributed by atoms with van der Waals surface area (Å²) in [6.07, 6.45) is 0. The van der Waals surface area contributed by atoms with E-state index in [9.17, 15) is 4.79 Å². The zero-order valence-corrected chi connectivity index (χ0v) is 10.8. The fourth-order valence-electron chi connectivity index (χ4n) is 1.42. The van der Waals surface area contributed by atoms with Crippen LogP contribution in [0.3, 0.4) is 0 Å². The molecule has 1 rings (SSSR count). The molecular formula is C13H20N2O3. The van der Waals surface area contributed by atoms with Crippen LogP contribution >= 0.6 is 0 Å². The van der Waals surface area contributed by atoms with Crippen LogP contribution in [0.4, 0.5) is 5.69 Å². The number of nitrogens with zero attached hydrogens (tertiary/aromatic N) is 1. The molecule has 0 radical (unpaired) electrons. The summed E-state index contributed by atoms with van der Waals surface area (Å²) in [5.74, 6) is -0.118. The fourth-order valence-corrected chi connectivity index (χ4v) is 1.42. The van der Waals surface area contributed by atoms with E-state index in [-0.39, 0.29) is 12.5 Å². The Morgan fingerprint density at radius 3 is 2.50 bits per heavy atom. The quantitative estimate of drug-likeness (QED) is 0.693. The Balaban J connectivity index is 2.37. The smallest absolute Gasteiger partial charge is 0.251 e. The second-order valence-electron chi connectivity index (χ2n) is 4.03. The van der Waals surface area contributed by atoms with Crippen molar-refractivity contribution >= 4 is 11.6 Å². The number of rotatable bonds is 7. The van der Waals surface area contributed by atoms with Crippen molar-refractivity contribution in [2.24, 2.45) is 0 Å². The van der Waals surface area contributed by atoms with Crippen LogP contribution in [0.5, 0.6) is 0 Å². The van der Waals surface area contributed by atoms with E-state index in [0.717, 1.165) is 5.69 Å². The molecule has 0 saturated carbocycles. The zero-order chi connectivity index (χ0) is 13.4. The number of anilines is 1. The molecule has 0 aliphatic heterocycles. The number of carbonyl (C=O) groups is 1. The maximum Gasteiger partial charge on any atom is 0.251 e. The topological polar surface area (TPSA) is 61.8 Å². The van der Waals surface area contributed by atoms with E-state index in [0.29, 0.717) is 25.3 Å². The van der Waals surface area contributed by atoms with E-state index in [2.05, 4.69) is 5.32 Å². The first-order valence-corrected chi connectivity index (χ1v) is 5.89. The third-order valence-electron chi connectivity index (χ3n) is 2.41. The van der Waals surface area contributed by atoms with Gasteiger partial charge in [-0.25, -0.2) is 0 Å². The van der Waals surface area contributed by atoms with Gasteiger partial charge in [0.2, 0.25) is 0 Å². The van der Waals surface area contributed by atoms with E-state index in [1.54, 1.807) is 12.1 Å². The van der Waals surface area contributed by atoms with E-state index < -0.39 is 0 Å². The lowest BCUT2D eigenvalue weighted by Gasteiger charge is -2.12. The Morgan fingerprint density at radius 2 is 1.94 bits per heavy atom. The molecule has 0 aromatic heterocycles. The van der Waals surface area contributed by atoms with E-state index in [1.165, 1.54) is 0 Å². The predicted molar refractivity (Wildman–Crippen MR) is 71.0 cm³/mol. The number of aliphatic hydroxyl groups is 1. The molecule has 0 saturated heterocycles. The SMILES string of the molecule is CN(C)c1ccc(C(=O)NCCOCCO)cc1. The third kappa shape index (κ3) is 4.73. The average molecular weight is 252 g/mol. The van der Waals surface area contributed by atoms with Crippen LogP contribution < -0.4 is 10.2 Å². The van der Waals surface area contributed by atoms with Crippen LogP contribution in [-0.4, -0.2) is 51.5 Å². The maximum absolute atomic E-state index is 11.7. The van der Waals surface area contributed by atoms with Crippen molar-refractivity contribution in [3.05, 3.63) is 29.8 Å². The largest absolute Gasteiger partial charge is 0.394 e. The Kier molecular flexibility index (Phi) is 6.18. The van der Waals surface area contributed by atoms with Crippen LogP contribution in [0.15, 0.2) is 24.3 Å². The minimum atomic E-state index is -0.118. The molecule has 0 aliphatic rings. The number of carbonyl (C=O) groups excluding carboxylic acids is 1. The van der Waals surface area contributed by atoms with E-state index in [4.69, 9.17) is 9.84 Å². The summed E-state index contributed by atoms with van der Waals surface area (Å²) in [6, 6.07) is 7.38. The standard InChI is InChI=1S/C13H20N2O3/c1-15(2)12-5-3-11(4-6-12)13(17)14-7-9-18-10-8-16/h3-6,16H,7-10H2,1-2H3,(H,14,17). The van der Waals surface area contributed by atoms with Crippen molar-refractivity contribution in [1.29, 1.82) is 0 Å². The fraction of sp³-hybridized carbons (Fsp3) is 0.462. The van der Waals surface area contributed by atoms with Gasteiger partial charge in [-0.15, -0.1) is 0 Å². The van der Waals surface area contributed by atoms with Gasteiger partial charge in [-0.2, -0.15) is 0 Å². The number of aliphatic hydroxyl groups excluding tert-OH is 1. The molecule has 18 heavy (non-hydrogen) atoms. The number of amides is 1. The number of ether oxygens (including phenoxy) is 1. The summed E-state index contributed by atoms with van der Waals surface area (Å²) < 4.78 is 5.05. The van der Waals surface area contributed by atoms with Crippen molar-refractivity contribution in [2.75, 3.05) is 45.4 Å². The number of benzene rings is 1. The van der Waals surface area contributed by atoms with Crippen molar-refractivity contribution in [3.8, 4) is 0 Å². The molecule has 0 heterocycles. The average Bonchev–Trinajstić information content (AvgIpc) is 2.38. The minimum Gasteiger partial charge on any atom is -0.394 e. The second kappa shape index (κ2) is 7.68. The van der Waals surface area contributed by atoms with Gasteiger partial charge in [0.15, 0.2) is 0 Å². The molecule has 5 nitrogen and oxygen atoms in total. The van der Waals surface area contributed by atoms with Crippen LogP contribution in [0.2, 0.25) is 0 Å². The minimum absolute atomic E-state index is 0.0000555. The highest BCUT2D eigenvalue weighted by Crippen LogP contribution is 2.11. The van der Waals surface area contributed by atoms with E-state index in [1.807, 2.05) is 31.1 Å². The molecule has 5 heteroatoms. The van der Waals surface area contributed by atoms with Gasteiger partial charge in [-0.1, -0.05) is 0 Å². The molecule has 1 aromatic carbocycles. The number of hydrogen-bond donors (Lipinski definition) is 2. The molecule has 0 aliphatic carbocycles. The highest BCUT2D eigenvalue weighted by Gasteiger charge is 2.04. The van der Waals surface area contributed by atoms with Crippen LogP contribution in [0, 0.1) is 0 Å². The zero-order valence-electron chi connectivity index (χ0n) is 10.8. The maximum atomic E-state index is 11.7. The van der Waals surface area contributed by atoms with Gasteiger partial charge in [0, 0.05) is 31.9 Å². The first kappa shape index (κ1) is 14.5. The van der Waals surface area contributed by atoms with Gasteiger partial charge < -0.3 is 20.1 Å². The molecule has 1 aromatic rings. The predicted octanol–water partition coefficient (Wildman–Crippen LogP) is 0.491. The van der Waals surface area contributed by atoms with Gasteiger partial charge in [0.25, 0.3) is 5.91 Å². The van der Waals surface area contributed by atoms with Crippen LogP contribution in [-0.2, 0) is 4.74 Å². The summed E-state index contributed by atoms with van der Waals surface area (Å²) in [6.45, 7) is 1.14. The molecule has 2 N–H and O–H groups in total. The number of nitrogens with one attached hydrogen (secondary N) is 1. The number of hydrogen-bond acceptors (Lipinski definition) is 4. The highest BCUT2D eigenvalue weighted by molar-refractivity contribution is 5.94. The van der Waals surface area contributed by atoms with E-state index >= 15 is 0 Å². The molecule has 0 atom stereocenters. The Bertz CT molecular complexity index is 363. The Hall–Kier alpha value is -1.59. The molecule has 0 fully saturated rings. The summed E-state index contributed by atoms with van der Waals surface area (Å²) in [7, 11) is 3.90. The monoisotopic (exact) mass is 252 g/mol. The van der Waals surface area contributed by atoms with Crippen molar-refractivity contribution < 1.29 is 14.6 Å². The van der Waals surface area contributed by atoms with Gasteiger partial charge in [-0.05, 0) is 24.3 Å². The lowest BCUT2D eigenvalue weighted by atomic mass is 10.2. The summed E-state index contributed by atoms with van der Waals surface area (Å²) >= 11 is 0. The first-order valence-electron chi connectivity index (χ1n) is 5.89. The molecule has 0 bridgehead atoms. The van der Waals surface area contributed by atoms with Gasteiger partial charge in [-0.3, -0.25) is 4.79 Å². The summed E-state index contributed by atoms with van der Waals surface area (Å²) in [5.41, 5.74) is 1.68. The lowest BCUT2D eigenvalue weighted by molar-refractivity contribution is 0.0838.